The first-order valence-corrected chi connectivity index (χ1v) is 26.2. The van der Waals surface area contributed by atoms with Crippen molar-refractivity contribution in [1.29, 1.82) is 0 Å². The molecule has 3 aliphatic rings. The van der Waals surface area contributed by atoms with E-state index in [2.05, 4.69) is 293 Å². The minimum Gasteiger partial charge on any atom is -0.310 e. The van der Waals surface area contributed by atoms with Crippen molar-refractivity contribution >= 4 is 17.1 Å². The van der Waals surface area contributed by atoms with Crippen molar-refractivity contribution in [2.75, 3.05) is 4.90 Å². The molecule has 1 nitrogen and oxygen atoms in total. The molecule has 0 spiro atoms. The molecule has 0 amide bonds. The highest BCUT2D eigenvalue weighted by atomic mass is 15.1. The van der Waals surface area contributed by atoms with E-state index in [1.807, 2.05) is 0 Å². The van der Waals surface area contributed by atoms with E-state index in [9.17, 15) is 0 Å². The van der Waals surface area contributed by atoms with Gasteiger partial charge in [0.2, 0.25) is 0 Å². The lowest BCUT2D eigenvalue weighted by Gasteiger charge is -2.36. The summed E-state index contributed by atoms with van der Waals surface area (Å²) in [5.41, 5.74) is 27.8. The topological polar surface area (TPSA) is 3.24 Å². The number of hydrogen-bond acceptors (Lipinski definition) is 1. The Morgan fingerprint density at radius 2 is 0.608 bits per heavy atom. The van der Waals surface area contributed by atoms with Gasteiger partial charge >= 0.3 is 0 Å². The van der Waals surface area contributed by atoms with Gasteiger partial charge in [-0.1, -0.05) is 252 Å². The minimum absolute atomic E-state index is 0.195. The Morgan fingerprint density at radius 1 is 0.243 bits per heavy atom. The van der Waals surface area contributed by atoms with Crippen molar-refractivity contribution in [2.24, 2.45) is 0 Å². The molecule has 352 valence electrons. The van der Waals surface area contributed by atoms with Gasteiger partial charge in [-0.2, -0.15) is 0 Å². The van der Waals surface area contributed by atoms with Crippen LogP contribution < -0.4 is 4.90 Å². The van der Waals surface area contributed by atoms with Gasteiger partial charge in [0.1, 0.15) is 0 Å². The molecule has 0 radical (unpaired) electrons. The Kier molecular flexibility index (Phi) is 9.88. The van der Waals surface area contributed by atoms with E-state index in [0.29, 0.717) is 0 Å². The van der Waals surface area contributed by atoms with Crippen LogP contribution in [0.1, 0.15) is 72.2 Å². The molecule has 1 heteroatoms. The van der Waals surface area contributed by atoms with Gasteiger partial charge in [-0.15, -0.1) is 0 Å². The van der Waals surface area contributed by atoms with Gasteiger partial charge in [-0.25, -0.2) is 0 Å². The first-order valence-electron chi connectivity index (χ1n) is 26.2. The quantitative estimate of drug-likeness (QED) is 0.147. The normalized spacial score (nSPS) is 14.5. The Labute approximate surface area is 435 Å². The highest BCUT2D eigenvalue weighted by Gasteiger charge is 2.47. The third-order valence-electron chi connectivity index (χ3n) is 17.0. The van der Waals surface area contributed by atoms with Crippen LogP contribution in [0.15, 0.2) is 261 Å². The van der Waals surface area contributed by atoms with E-state index >= 15 is 0 Å². The van der Waals surface area contributed by atoms with Crippen LogP contribution in [0.3, 0.4) is 0 Å². The van der Waals surface area contributed by atoms with Gasteiger partial charge in [0.25, 0.3) is 0 Å². The first kappa shape index (κ1) is 44.0. The van der Waals surface area contributed by atoms with Crippen molar-refractivity contribution in [2.45, 2.75) is 43.9 Å². The van der Waals surface area contributed by atoms with E-state index in [-0.39, 0.29) is 10.8 Å². The minimum atomic E-state index is -0.596. The maximum absolute atomic E-state index is 2.59. The fraction of sp³-hybridized carbons (Fsp3) is 0.0959. The third-order valence-corrected chi connectivity index (χ3v) is 17.0. The molecule has 0 saturated heterocycles. The number of anilines is 3. The number of hydrogen-bond donors (Lipinski definition) is 0. The molecule has 0 fully saturated rings. The average Bonchev–Trinajstić information content (AvgIpc) is 4.09. The van der Waals surface area contributed by atoms with Crippen LogP contribution in [0.5, 0.6) is 0 Å². The van der Waals surface area contributed by atoms with Gasteiger partial charge in [-0.3, -0.25) is 0 Å². The standard InChI is InChI=1S/C73H55N/c1-71(2)64-33-19-16-30-57(64)60-42-40-53(44-67(60)71)74(54-41-43-61-58-31-17-20-34-65(58)72(3,4)68(61)45-54)70-47-69-63(59-32-18-21-35-66(59)73(69,51-24-10-6-11-25-51)52-26-12-7-13-27-52)46-62(70)50-38-36-49(37-39-50)56-29-15-14-28-55(56)48-22-8-5-9-23-48/h5-47H,1-4H3. The molecule has 0 atom stereocenters. The molecular formula is C73H55N. The molecule has 0 saturated carbocycles. The third kappa shape index (κ3) is 6.42. The van der Waals surface area contributed by atoms with Crippen molar-refractivity contribution < 1.29 is 0 Å². The van der Waals surface area contributed by atoms with Gasteiger partial charge in [0.05, 0.1) is 11.1 Å². The summed E-state index contributed by atoms with van der Waals surface area (Å²) in [6.45, 7) is 9.57. The summed E-state index contributed by atoms with van der Waals surface area (Å²) in [6, 6.07) is 98.1. The molecule has 74 heavy (non-hydrogen) atoms. The second-order valence-electron chi connectivity index (χ2n) is 21.6. The lowest BCUT2D eigenvalue weighted by atomic mass is 9.67. The summed E-state index contributed by atoms with van der Waals surface area (Å²) >= 11 is 0. The molecule has 0 aliphatic heterocycles. The number of nitrogens with zero attached hydrogens (tertiary/aromatic N) is 1. The second-order valence-corrected chi connectivity index (χ2v) is 21.6. The maximum Gasteiger partial charge on any atom is 0.0714 e. The van der Waals surface area contributed by atoms with Crippen LogP contribution in [0.25, 0.3) is 66.8 Å². The molecule has 0 heterocycles. The van der Waals surface area contributed by atoms with Crippen LogP contribution in [0.4, 0.5) is 17.1 Å². The van der Waals surface area contributed by atoms with E-state index < -0.39 is 5.41 Å². The maximum atomic E-state index is 2.59. The van der Waals surface area contributed by atoms with Gasteiger partial charge < -0.3 is 4.90 Å². The molecule has 0 unspecified atom stereocenters. The molecule has 0 N–H and O–H groups in total. The SMILES string of the molecule is CC1(C)c2ccccc2-c2ccc(N(c3ccc4c(c3)C(C)(C)c3ccccc3-4)c3cc4c(cc3-c3ccc(-c5ccccc5-c5ccccc5)cc3)-c3ccccc3C4(c3ccccc3)c3ccccc3)cc21. The Morgan fingerprint density at radius 3 is 1.09 bits per heavy atom. The molecule has 0 aromatic heterocycles. The van der Waals surface area contributed by atoms with Crippen LogP contribution in [0, 0.1) is 0 Å². The highest BCUT2D eigenvalue weighted by molar-refractivity contribution is 5.98. The predicted octanol–water partition coefficient (Wildman–Crippen LogP) is 19.1. The monoisotopic (exact) mass is 945 g/mol. The van der Waals surface area contributed by atoms with Crippen LogP contribution in [0.2, 0.25) is 0 Å². The molecular weight excluding hydrogens is 891 g/mol. The molecule has 3 aliphatic carbocycles. The van der Waals surface area contributed by atoms with Crippen LogP contribution in [-0.2, 0) is 16.2 Å². The fourth-order valence-corrected chi connectivity index (χ4v) is 13.4. The lowest BCUT2D eigenvalue weighted by Crippen LogP contribution is -2.28. The molecule has 14 rings (SSSR count). The van der Waals surface area contributed by atoms with Crippen molar-refractivity contribution in [1.82, 2.24) is 0 Å². The van der Waals surface area contributed by atoms with E-state index in [4.69, 9.17) is 0 Å². The first-order chi connectivity index (χ1) is 36.2. The zero-order valence-electron chi connectivity index (χ0n) is 42.3. The number of benzene rings is 11. The van der Waals surface area contributed by atoms with Crippen molar-refractivity contribution in [3.05, 3.63) is 305 Å². The van der Waals surface area contributed by atoms with Crippen molar-refractivity contribution in [3.63, 3.8) is 0 Å². The van der Waals surface area contributed by atoms with Crippen LogP contribution in [-0.4, -0.2) is 0 Å². The largest absolute Gasteiger partial charge is 0.310 e. The van der Waals surface area contributed by atoms with Gasteiger partial charge in [0.15, 0.2) is 0 Å². The summed E-state index contributed by atoms with van der Waals surface area (Å²) in [4.78, 5) is 2.59. The summed E-state index contributed by atoms with van der Waals surface area (Å²) in [6.07, 6.45) is 0. The van der Waals surface area contributed by atoms with E-state index in [0.717, 1.165) is 22.6 Å². The zero-order valence-corrected chi connectivity index (χ0v) is 42.3. The molecule has 0 bridgehead atoms. The Balaban J connectivity index is 1.07. The summed E-state index contributed by atoms with van der Waals surface area (Å²) in [5, 5.41) is 0. The van der Waals surface area contributed by atoms with E-state index in [1.165, 1.54) is 106 Å². The summed E-state index contributed by atoms with van der Waals surface area (Å²) < 4.78 is 0. The number of fused-ring (bicyclic) bond motifs is 9. The summed E-state index contributed by atoms with van der Waals surface area (Å²) in [7, 11) is 0. The predicted molar refractivity (Wildman–Crippen MR) is 310 cm³/mol. The van der Waals surface area contributed by atoms with Gasteiger partial charge in [0, 0.05) is 27.8 Å². The Hall–Kier alpha value is -8.78. The smallest absolute Gasteiger partial charge is 0.0714 e. The number of rotatable bonds is 8. The molecule has 11 aromatic carbocycles. The van der Waals surface area contributed by atoms with Crippen LogP contribution >= 0.6 is 0 Å². The highest BCUT2D eigenvalue weighted by Crippen LogP contribution is 2.60. The molecule has 11 aromatic rings. The van der Waals surface area contributed by atoms with E-state index in [1.54, 1.807) is 0 Å². The van der Waals surface area contributed by atoms with Crippen molar-refractivity contribution in [3.8, 4) is 66.8 Å². The zero-order chi connectivity index (χ0) is 49.8. The van der Waals surface area contributed by atoms with Gasteiger partial charge in [-0.05, 0) is 142 Å². The lowest BCUT2D eigenvalue weighted by molar-refractivity contribution is 0.660. The second kappa shape index (κ2) is 16.6. The average molecular weight is 946 g/mol. The summed E-state index contributed by atoms with van der Waals surface area (Å²) in [5.74, 6) is 0. The fourth-order valence-electron chi connectivity index (χ4n) is 13.4. The Bertz CT molecular complexity index is 3850.